The van der Waals surface area contributed by atoms with Crippen molar-refractivity contribution in [2.75, 3.05) is 0 Å². The molecule has 0 radical (unpaired) electrons. The normalized spacial score (nSPS) is 30.3. The maximum Gasteiger partial charge on any atom is 0.0884 e. The van der Waals surface area contributed by atoms with Crippen LogP contribution in [0.2, 0.25) is 0 Å². The molecule has 0 aromatic rings. The molecule has 1 atom stereocenters. The molecular weight excluding hydrogens is 172 g/mol. The topological polar surface area (TPSA) is 20.2 Å². The summed E-state index contributed by atoms with van der Waals surface area (Å²) in [4.78, 5) is 0. The van der Waals surface area contributed by atoms with E-state index < -0.39 is 0 Å². The van der Waals surface area contributed by atoms with E-state index in [0.717, 1.165) is 16.7 Å². The average molecular weight is 187 g/mol. The lowest BCUT2D eigenvalue weighted by atomic mass is 9.60. The van der Waals surface area contributed by atoms with Crippen LogP contribution in [0.15, 0.2) is 22.3 Å². The molecule has 1 saturated carbocycles. The number of hydrogen-bond acceptors (Lipinski definition) is 1. The Balaban J connectivity index is 3.09. The van der Waals surface area contributed by atoms with Crippen molar-refractivity contribution in [1.29, 1.82) is 0 Å². The third-order valence-corrected chi connectivity index (χ3v) is 2.81. The van der Waals surface area contributed by atoms with Crippen molar-refractivity contribution in [1.82, 2.24) is 0 Å². The van der Waals surface area contributed by atoms with Crippen molar-refractivity contribution < 1.29 is 5.11 Å². The first-order valence-electron chi connectivity index (χ1n) is 4.09. The molecular formula is C10H15ClO. The standard InChI is InChI=1S/C10H15ClO/c1-6(2)8-7(5-11)10(3,4)9(8)12/h5,9,12H,1-4H3/b7-5+. The molecule has 0 amide bonds. The highest BCUT2D eigenvalue weighted by Crippen LogP contribution is 2.51. The van der Waals surface area contributed by atoms with Gasteiger partial charge in [-0.15, -0.1) is 0 Å². The molecule has 1 unspecified atom stereocenters. The smallest absolute Gasteiger partial charge is 0.0884 e. The van der Waals surface area contributed by atoms with Gasteiger partial charge in [0.2, 0.25) is 0 Å². The van der Waals surface area contributed by atoms with Gasteiger partial charge >= 0.3 is 0 Å². The van der Waals surface area contributed by atoms with Crippen molar-refractivity contribution in [3.8, 4) is 0 Å². The van der Waals surface area contributed by atoms with Crippen molar-refractivity contribution in [3.05, 3.63) is 22.3 Å². The predicted octanol–water partition coefficient (Wildman–Crippen LogP) is 2.85. The number of hydrogen-bond donors (Lipinski definition) is 1. The Kier molecular flexibility index (Phi) is 2.37. The summed E-state index contributed by atoms with van der Waals surface area (Å²) in [5.41, 5.74) is 4.63. The molecule has 1 rings (SSSR count). The van der Waals surface area contributed by atoms with Crippen molar-refractivity contribution >= 4 is 11.6 Å². The molecule has 1 nitrogen and oxygen atoms in total. The van der Waals surface area contributed by atoms with Gasteiger partial charge in [0.15, 0.2) is 0 Å². The summed E-state index contributed by atoms with van der Waals surface area (Å²) in [7, 11) is 0. The first-order chi connectivity index (χ1) is 5.42. The highest BCUT2D eigenvalue weighted by Gasteiger charge is 2.47. The van der Waals surface area contributed by atoms with E-state index in [2.05, 4.69) is 0 Å². The molecule has 1 fully saturated rings. The number of aliphatic hydroxyl groups is 1. The summed E-state index contributed by atoms with van der Waals surface area (Å²) in [5.74, 6) is 0. The molecule has 0 aliphatic heterocycles. The van der Waals surface area contributed by atoms with E-state index >= 15 is 0 Å². The van der Waals surface area contributed by atoms with Crippen LogP contribution in [0.25, 0.3) is 0 Å². The second-order valence-corrected chi connectivity index (χ2v) is 4.28. The van der Waals surface area contributed by atoms with E-state index in [1.165, 1.54) is 0 Å². The Morgan fingerprint density at radius 2 is 2.00 bits per heavy atom. The zero-order valence-corrected chi connectivity index (χ0v) is 8.74. The van der Waals surface area contributed by atoms with Crippen LogP contribution >= 0.6 is 11.6 Å². The van der Waals surface area contributed by atoms with E-state index in [-0.39, 0.29) is 11.5 Å². The molecule has 1 N–H and O–H groups in total. The fourth-order valence-electron chi connectivity index (χ4n) is 1.67. The predicted molar refractivity (Wildman–Crippen MR) is 52.1 cm³/mol. The van der Waals surface area contributed by atoms with Crippen LogP contribution in [0.4, 0.5) is 0 Å². The van der Waals surface area contributed by atoms with Crippen LogP contribution in [0.5, 0.6) is 0 Å². The maximum absolute atomic E-state index is 9.75. The van der Waals surface area contributed by atoms with Crippen LogP contribution in [0.3, 0.4) is 0 Å². The third-order valence-electron chi connectivity index (χ3n) is 2.59. The van der Waals surface area contributed by atoms with E-state index in [1.807, 2.05) is 27.7 Å². The molecule has 12 heavy (non-hydrogen) atoms. The summed E-state index contributed by atoms with van der Waals surface area (Å²) in [6, 6.07) is 0. The Bertz CT molecular complexity index is 257. The van der Waals surface area contributed by atoms with Gasteiger partial charge in [-0.05, 0) is 25.0 Å². The highest BCUT2D eigenvalue weighted by molar-refractivity contribution is 6.26. The van der Waals surface area contributed by atoms with Gasteiger partial charge in [0.1, 0.15) is 0 Å². The quantitative estimate of drug-likeness (QED) is 0.617. The lowest BCUT2D eigenvalue weighted by molar-refractivity contribution is 0.0677. The number of allylic oxidation sites excluding steroid dienone is 1. The lowest BCUT2D eigenvalue weighted by Crippen LogP contribution is -2.45. The zero-order valence-electron chi connectivity index (χ0n) is 7.98. The van der Waals surface area contributed by atoms with Gasteiger partial charge in [-0.3, -0.25) is 0 Å². The summed E-state index contributed by atoms with van der Waals surface area (Å²) in [5, 5.41) is 9.75. The number of rotatable bonds is 0. The maximum atomic E-state index is 9.75. The Hall–Kier alpha value is -0.270. The minimum Gasteiger partial charge on any atom is -0.387 e. The van der Waals surface area contributed by atoms with Crippen LogP contribution in [0, 0.1) is 5.41 Å². The van der Waals surface area contributed by atoms with E-state index in [1.54, 1.807) is 5.54 Å². The van der Waals surface area contributed by atoms with Gasteiger partial charge in [-0.1, -0.05) is 31.0 Å². The first kappa shape index (κ1) is 9.82. The van der Waals surface area contributed by atoms with E-state index in [0.29, 0.717) is 0 Å². The van der Waals surface area contributed by atoms with Crippen LogP contribution < -0.4 is 0 Å². The second kappa shape index (κ2) is 2.90. The van der Waals surface area contributed by atoms with Crippen LogP contribution in [-0.2, 0) is 0 Å². The fraction of sp³-hybridized carbons (Fsp3) is 0.600. The molecule has 0 saturated heterocycles. The van der Waals surface area contributed by atoms with Gasteiger partial charge in [0, 0.05) is 11.0 Å². The number of halogens is 1. The highest BCUT2D eigenvalue weighted by atomic mass is 35.5. The van der Waals surface area contributed by atoms with Gasteiger partial charge in [-0.2, -0.15) is 0 Å². The molecule has 1 aliphatic carbocycles. The summed E-state index contributed by atoms with van der Waals surface area (Å²) in [6.07, 6.45) is -0.354. The molecule has 68 valence electrons. The van der Waals surface area contributed by atoms with Crippen molar-refractivity contribution in [3.63, 3.8) is 0 Å². The van der Waals surface area contributed by atoms with Gasteiger partial charge < -0.3 is 5.11 Å². The largest absolute Gasteiger partial charge is 0.387 e. The summed E-state index contributed by atoms with van der Waals surface area (Å²) in [6.45, 7) is 7.99. The molecule has 2 heteroatoms. The first-order valence-corrected chi connectivity index (χ1v) is 4.53. The van der Waals surface area contributed by atoms with Crippen molar-refractivity contribution in [2.45, 2.75) is 33.8 Å². The van der Waals surface area contributed by atoms with E-state index in [9.17, 15) is 5.11 Å². The van der Waals surface area contributed by atoms with Gasteiger partial charge in [-0.25, -0.2) is 0 Å². The zero-order chi connectivity index (χ0) is 9.52. The molecule has 0 aromatic heterocycles. The minimum atomic E-state index is -0.354. The lowest BCUT2D eigenvalue weighted by Gasteiger charge is -2.47. The number of aliphatic hydroxyl groups excluding tert-OH is 1. The molecule has 0 spiro atoms. The second-order valence-electron chi connectivity index (χ2n) is 4.06. The fourth-order valence-corrected chi connectivity index (χ4v) is 2.07. The van der Waals surface area contributed by atoms with Crippen LogP contribution in [-0.4, -0.2) is 11.2 Å². The average Bonchev–Trinajstić information content (AvgIpc) is 1.97. The minimum absolute atomic E-state index is 0.172. The summed E-state index contributed by atoms with van der Waals surface area (Å²) >= 11 is 5.68. The SMILES string of the molecule is CC(C)=C1/C(=C\Cl)C(C)(C)C1O. The molecule has 0 bridgehead atoms. The Labute approximate surface area is 78.7 Å². The van der Waals surface area contributed by atoms with E-state index in [4.69, 9.17) is 11.6 Å². The summed E-state index contributed by atoms with van der Waals surface area (Å²) < 4.78 is 0. The third kappa shape index (κ3) is 1.12. The Morgan fingerprint density at radius 1 is 1.50 bits per heavy atom. The van der Waals surface area contributed by atoms with Gasteiger partial charge in [0.05, 0.1) is 6.10 Å². The molecule has 0 aromatic carbocycles. The molecule has 0 heterocycles. The Morgan fingerprint density at radius 3 is 2.25 bits per heavy atom. The molecule has 1 aliphatic rings. The van der Waals surface area contributed by atoms with Crippen molar-refractivity contribution in [2.24, 2.45) is 5.41 Å². The monoisotopic (exact) mass is 186 g/mol. The van der Waals surface area contributed by atoms with Crippen LogP contribution in [0.1, 0.15) is 27.7 Å². The van der Waals surface area contributed by atoms with Gasteiger partial charge in [0.25, 0.3) is 0 Å².